The topological polar surface area (TPSA) is 75.3 Å². The molecule has 0 aliphatic rings. The Morgan fingerprint density at radius 1 is 0.906 bits per heavy atom. The molecule has 32 heavy (non-hydrogen) atoms. The van der Waals surface area contributed by atoms with Crippen molar-refractivity contribution in [1.29, 1.82) is 0 Å². The summed E-state index contributed by atoms with van der Waals surface area (Å²) in [6, 6.07) is 15.8. The zero-order valence-electron chi connectivity index (χ0n) is 16.5. The van der Waals surface area contributed by atoms with Crippen molar-refractivity contribution in [3.63, 3.8) is 0 Å². The van der Waals surface area contributed by atoms with Gasteiger partial charge >= 0.3 is 6.18 Å². The predicted octanol–water partition coefficient (Wildman–Crippen LogP) is 4.62. The highest BCUT2D eigenvalue weighted by Crippen LogP contribution is 2.34. The molecule has 5 nitrogen and oxygen atoms in total. The summed E-state index contributed by atoms with van der Waals surface area (Å²) in [5.41, 5.74) is -1.48. The van der Waals surface area contributed by atoms with E-state index in [1.165, 1.54) is 6.07 Å². The van der Waals surface area contributed by atoms with Gasteiger partial charge < -0.3 is 5.32 Å². The normalized spacial score (nSPS) is 11.9. The molecular formula is C22H18F4N2O3S. The van der Waals surface area contributed by atoms with Gasteiger partial charge in [0.2, 0.25) is 10.0 Å². The van der Waals surface area contributed by atoms with Gasteiger partial charge in [0.05, 0.1) is 21.7 Å². The lowest BCUT2D eigenvalue weighted by Gasteiger charge is -2.14. The van der Waals surface area contributed by atoms with Crippen molar-refractivity contribution >= 4 is 21.6 Å². The van der Waals surface area contributed by atoms with Crippen molar-refractivity contribution in [2.24, 2.45) is 0 Å². The number of carbonyl (C=O) groups is 1. The van der Waals surface area contributed by atoms with Gasteiger partial charge in [-0.15, -0.1) is 0 Å². The molecule has 3 rings (SSSR count). The summed E-state index contributed by atoms with van der Waals surface area (Å²) < 4.78 is 81.0. The van der Waals surface area contributed by atoms with Gasteiger partial charge in [0, 0.05) is 6.54 Å². The second-order valence-corrected chi connectivity index (χ2v) is 8.54. The van der Waals surface area contributed by atoms with E-state index in [1.54, 1.807) is 0 Å². The van der Waals surface area contributed by atoms with Crippen molar-refractivity contribution in [3.8, 4) is 0 Å². The Balaban J connectivity index is 1.79. The summed E-state index contributed by atoms with van der Waals surface area (Å²) in [7, 11) is -4.08. The smallest absolute Gasteiger partial charge is 0.321 e. The van der Waals surface area contributed by atoms with Gasteiger partial charge in [-0.25, -0.2) is 17.5 Å². The molecule has 0 fully saturated rings. The first kappa shape index (κ1) is 23.4. The van der Waals surface area contributed by atoms with E-state index in [4.69, 9.17) is 0 Å². The Kier molecular flexibility index (Phi) is 6.95. The van der Waals surface area contributed by atoms with Crippen molar-refractivity contribution < 1.29 is 30.8 Å². The van der Waals surface area contributed by atoms with Crippen LogP contribution in [0.3, 0.4) is 0 Å². The molecule has 1 amide bonds. The van der Waals surface area contributed by atoms with E-state index < -0.39 is 44.7 Å². The number of hydrogen-bond donors (Lipinski definition) is 2. The number of anilines is 1. The standard InChI is InChI=1S/C22H18F4N2O3S/c23-19-11-10-16(32(30,31)27-13-12-15-6-2-1-3-7-15)14-17(19)21(29)28-20-9-5-4-8-18(20)22(24,25)26/h1-11,14,27H,12-13H2,(H,28,29). The molecule has 10 heteroatoms. The van der Waals surface area contributed by atoms with Crippen LogP contribution in [0.4, 0.5) is 23.2 Å². The Hall–Kier alpha value is -3.24. The largest absolute Gasteiger partial charge is 0.418 e. The van der Waals surface area contributed by atoms with Gasteiger partial charge in [0.1, 0.15) is 5.82 Å². The van der Waals surface area contributed by atoms with Crippen molar-refractivity contribution in [2.75, 3.05) is 11.9 Å². The number of benzene rings is 3. The molecule has 0 aliphatic carbocycles. The molecule has 0 heterocycles. The van der Waals surface area contributed by atoms with E-state index in [2.05, 4.69) is 4.72 Å². The second-order valence-electron chi connectivity index (χ2n) is 6.77. The van der Waals surface area contributed by atoms with Crippen LogP contribution in [0.1, 0.15) is 21.5 Å². The van der Waals surface area contributed by atoms with Crippen LogP contribution in [0.15, 0.2) is 77.7 Å². The van der Waals surface area contributed by atoms with Gasteiger partial charge in [-0.1, -0.05) is 42.5 Å². The monoisotopic (exact) mass is 466 g/mol. The number of sulfonamides is 1. The molecule has 0 saturated heterocycles. The van der Waals surface area contributed by atoms with Gasteiger partial charge in [0.15, 0.2) is 0 Å². The Morgan fingerprint density at radius 2 is 1.56 bits per heavy atom. The SMILES string of the molecule is O=C(Nc1ccccc1C(F)(F)F)c1cc(S(=O)(=O)NCCc2ccccc2)ccc1F. The fourth-order valence-corrected chi connectivity index (χ4v) is 3.99. The minimum absolute atomic E-state index is 0.0597. The lowest BCUT2D eigenvalue weighted by atomic mass is 10.1. The predicted molar refractivity (Wildman–Crippen MR) is 111 cm³/mol. The fourth-order valence-electron chi connectivity index (χ4n) is 2.93. The Labute approximate surface area is 182 Å². The number of carbonyl (C=O) groups excluding carboxylic acids is 1. The summed E-state index contributed by atoms with van der Waals surface area (Å²) in [5.74, 6) is -2.28. The number of amides is 1. The molecule has 0 aromatic heterocycles. The maximum absolute atomic E-state index is 14.2. The summed E-state index contributed by atoms with van der Waals surface area (Å²) >= 11 is 0. The maximum atomic E-state index is 14.2. The minimum Gasteiger partial charge on any atom is -0.321 e. The average molecular weight is 466 g/mol. The van der Waals surface area contributed by atoms with Crippen molar-refractivity contribution in [1.82, 2.24) is 4.72 Å². The average Bonchev–Trinajstić information content (AvgIpc) is 2.74. The van der Waals surface area contributed by atoms with Crippen LogP contribution in [-0.2, 0) is 22.6 Å². The van der Waals surface area contributed by atoms with Gasteiger partial charge in [-0.05, 0) is 42.3 Å². The van der Waals surface area contributed by atoms with Gasteiger partial charge in [-0.2, -0.15) is 13.2 Å². The number of halogens is 4. The van der Waals surface area contributed by atoms with Crippen LogP contribution in [0.5, 0.6) is 0 Å². The summed E-state index contributed by atoms with van der Waals surface area (Å²) in [4.78, 5) is 12.1. The van der Waals surface area contributed by atoms with E-state index in [0.717, 1.165) is 42.0 Å². The molecule has 2 N–H and O–H groups in total. The van der Waals surface area contributed by atoms with Crippen LogP contribution in [-0.4, -0.2) is 20.9 Å². The number of alkyl halides is 3. The highest BCUT2D eigenvalue weighted by Gasteiger charge is 2.33. The van der Waals surface area contributed by atoms with Crippen LogP contribution >= 0.6 is 0 Å². The fraction of sp³-hybridized carbons (Fsp3) is 0.136. The first-order valence-electron chi connectivity index (χ1n) is 9.38. The molecule has 0 atom stereocenters. The third-order valence-corrected chi connectivity index (χ3v) is 5.98. The zero-order chi connectivity index (χ0) is 23.4. The summed E-state index contributed by atoms with van der Waals surface area (Å²) in [6.07, 6.45) is -4.33. The van der Waals surface area contributed by atoms with Crippen LogP contribution in [0, 0.1) is 5.82 Å². The highest BCUT2D eigenvalue weighted by atomic mass is 32.2. The molecule has 3 aromatic carbocycles. The minimum atomic E-state index is -4.74. The summed E-state index contributed by atoms with van der Waals surface area (Å²) in [6.45, 7) is 0.0597. The molecule has 0 bridgehead atoms. The first-order valence-corrected chi connectivity index (χ1v) is 10.9. The van der Waals surface area contributed by atoms with Crippen molar-refractivity contribution in [2.45, 2.75) is 17.5 Å². The third kappa shape index (κ3) is 5.71. The molecular weight excluding hydrogens is 448 g/mol. The van der Waals surface area contributed by atoms with E-state index in [9.17, 15) is 30.8 Å². The molecule has 0 unspecified atom stereocenters. The number of para-hydroxylation sites is 1. The van der Waals surface area contributed by atoms with Gasteiger partial charge in [-0.3, -0.25) is 4.79 Å². The molecule has 0 radical (unpaired) electrons. The Bertz CT molecular complexity index is 1210. The Morgan fingerprint density at radius 3 is 2.25 bits per heavy atom. The van der Waals surface area contributed by atoms with E-state index in [0.29, 0.717) is 6.42 Å². The lowest BCUT2D eigenvalue weighted by Crippen LogP contribution is -2.26. The second kappa shape index (κ2) is 9.49. The van der Waals surface area contributed by atoms with Crippen LogP contribution in [0.2, 0.25) is 0 Å². The third-order valence-electron chi connectivity index (χ3n) is 4.52. The molecule has 0 saturated carbocycles. The van der Waals surface area contributed by atoms with E-state index >= 15 is 0 Å². The van der Waals surface area contributed by atoms with Gasteiger partial charge in [0.25, 0.3) is 5.91 Å². The van der Waals surface area contributed by atoms with Crippen LogP contribution < -0.4 is 10.0 Å². The number of hydrogen-bond acceptors (Lipinski definition) is 3. The molecule has 3 aromatic rings. The highest BCUT2D eigenvalue weighted by molar-refractivity contribution is 7.89. The first-order chi connectivity index (χ1) is 15.1. The lowest BCUT2D eigenvalue weighted by molar-refractivity contribution is -0.136. The summed E-state index contributed by atoms with van der Waals surface area (Å²) in [5, 5.41) is 2.00. The zero-order valence-corrected chi connectivity index (χ0v) is 17.3. The van der Waals surface area contributed by atoms with E-state index in [1.807, 2.05) is 35.6 Å². The van der Waals surface area contributed by atoms with Crippen LogP contribution in [0.25, 0.3) is 0 Å². The maximum Gasteiger partial charge on any atom is 0.418 e. The van der Waals surface area contributed by atoms with E-state index in [-0.39, 0.29) is 11.4 Å². The number of nitrogens with one attached hydrogen (secondary N) is 2. The number of rotatable bonds is 7. The quantitative estimate of drug-likeness (QED) is 0.499. The molecule has 168 valence electrons. The molecule has 0 spiro atoms. The van der Waals surface area contributed by atoms with Crippen molar-refractivity contribution in [3.05, 3.63) is 95.3 Å². The molecule has 0 aliphatic heterocycles.